The van der Waals surface area contributed by atoms with Crippen molar-refractivity contribution in [1.82, 2.24) is 15.1 Å². The topological polar surface area (TPSA) is 29.9 Å². The molecular formula is C10H11BrClN3S. The van der Waals surface area contributed by atoms with E-state index in [0.717, 1.165) is 31.6 Å². The second-order valence-corrected chi connectivity index (χ2v) is 5.88. The molecule has 0 amide bonds. The van der Waals surface area contributed by atoms with E-state index in [0.29, 0.717) is 0 Å². The zero-order chi connectivity index (χ0) is 11.7. The molecule has 0 spiro atoms. The van der Waals surface area contributed by atoms with Crippen LogP contribution in [0.5, 0.6) is 0 Å². The predicted octanol–water partition coefficient (Wildman–Crippen LogP) is 3.28. The van der Waals surface area contributed by atoms with Crippen molar-refractivity contribution in [1.29, 1.82) is 0 Å². The number of nitrogens with one attached hydrogen (secondary N) is 1. The van der Waals surface area contributed by atoms with Crippen molar-refractivity contribution >= 4 is 38.9 Å². The van der Waals surface area contributed by atoms with Gasteiger partial charge in [-0.3, -0.25) is 4.68 Å². The number of hydrogen-bond acceptors (Lipinski definition) is 3. The van der Waals surface area contributed by atoms with Gasteiger partial charge in [0, 0.05) is 13.6 Å². The molecule has 86 valence electrons. The van der Waals surface area contributed by atoms with E-state index >= 15 is 0 Å². The summed E-state index contributed by atoms with van der Waals surface area (Å²) in [6.07, 6.45) is 0. The van der Waals surface area contributed by atoms with Gasteiger partial charge in [-0.1, -0.05) is 11.6 Å². The zero-order valence-corrected chi connectivity index (χ0v) is 12.1. The van der Waals surface area contributed by atoms with E-state index in [1.165, 1.54) is 11.3 Å². The standard InChI is InChI=1S/C10H11BrClN3S/c1-13-5-6-9(11)10(14-15(6)2)7-3-4-8(12)16-7/h3-4,13H,5H2,1-2H3. The largest absolute Gasteiger partial charge is 0.314 e. The van der Waals surface area contributed by atoms with Gasteiger partial charge in [0.05, 0.1) is 19.4 Å². The maximum Gasteiger partial charge on any atom is 0.117 e. The molecule has 0 aliphatic rings. The smallest absolute Gasteiger partial charge is 0.117 e. The van der Waals surface area contributed by atoms with Crippen molar-refractivity contribution in [3.8, 4) is 10.6 Å². The second-order valence-electron chi connectivity index (χ2n) is 3.37. The fourth-order valence-corrected chi connectivity index (χ4v) is 3.35. The molecule has 0 bridgehead atoms. The number of aromatic nitrogens is 2. The number of thiophene rings is 1. The Bertz CT molecular complexity index is 506. The summed E-state index contributed by atoms with van der Waals surface area (Å²) in [6.45, 7) is 0.781. The van der Waals surface area contributed by atoms with Crippen LogP contribution in [0.4, 0.5) is 0 Å². The molecule has 0 saturated heterocycles. The summed E-state index contributed by atoms with van der Waals surface area (Å²) < 4.78 is 3.69. The molecular weight excluding hydrogens is 310 g/mol. The molecule has 2 aromatic heterocycles. The molecule has 6 heteroatoms. The van der Waals surface area contributed by atoms with Crippen molar-refractivity contribution in [3.63, 3.8) is 0 Å². The van der Waals surface area contributed by atoms with Crippen molar-refractivity contribution < 1.29 is 0 Å². The van der Waals surface area contributed by atoms with Crippen LogP contribution >= 0.6 is 38.9 Å². The predicted molar refractivity (Wildman–Crippen MR) is 72.0 cm³/mol. The van der Waals surface area contributed by atoms with Gasteiger partial charge in [0.1, 0.15) is 5.69 Å². The Hall–Kier alpha value is -0.360. The molecule has 0 aromatic carbocycles. The van der Waals surface area contributed by atoms with E-state index in [2.05, 4.69) is 26.3 Å². The van der Waals surface area contributed by atoms with Gasteiger partial charge >= 0.3 is 0 Å². The van der Waals surface area contributed by atoms with Crippen molar-refractivity contribution in [2.45, 2.75) is 6.54 Å². The fourth-order valence-electron chi connectivity index (χ4n) is 1.49. The highest BCUT2D eigenvalue weighted by Gasteiger charge is 2.15. The lowest BCUT2D eigenvalue weighted by Crippen LogP contribution is -2.10. The molecule has 2 heterocycles. The summed E-state index contributed by atoms with van der Waals surface area (Å²) in [4.78, 5) is 1.08. The maximum absolute atomic E-state index is 5.93. The van der Waals surface area contributed by atoms with Crippen molar-refractivity contribution in [3.05, 3.63) is 26.6 Å². The van der Waals surface area contributed by atoms with E-state index in [1.807, 2.05) is 30.9 Å². The van der Waals surface area contributed by atoms with E-state index in [9.17, 15) is 0 Å². The van der Waals surface area contributed by atoms with Crippen LogP contribution < -0.4 is 5.32 Å². The van der Waals surface area contributed by atoms with Crippen LogP contribution in [0.1, 0.15) is 5.69 Å². The molecule has 0 aliphatic carbocycles. The van der Waals surface area contributed by atoms with E-state index in [1.54, 1.807) is 0 Å². The second kappa shape index (κ2) is 4.87. The SMILES string of the molecule is CNCc1c(Br)c(-c2ccc(Cl)s2)nn1C. The van der Waals surface area contributed by atoms with Crippen LogP contribution in [0.3, 0.4) is 0 Å². The minimum atomic E-state index is 0.780. The summed E-state index contributed by atoms with van der Waals surface area (Å²) >= 11 is 11.1. The van der Waals surface area contributed by atoms with Gasteiger partial charge < -0.3 is 5.32 Å². The monoisotopic (exact) mass is 319 g/mol. The van der Waals surface area contributed by atoms with Crippen LogP contribution in [0.15, 0.2) is 16.6 Å². The molecule has 0 fully saturated rings. The average Bonchev–Trinajstić information content (AvgIpc) is 2.77. The van der Waals surface area contributed by atoms with Gasteiger partial charge in [-0.25, -0.2) is 0 Å². The molecule has 3 nitrogen and oxygen atoms in total. The summed E-state index contributed by atoms with van der Waals surface area (Å²) in [6, 6.07) is 3.88. The third kappa shape index (κ3) is 2.18. The first kappa shape index (κ1) is 12.1. The molecule has 2 aromatic rings. The molecule has 16 heavy (non-hydrogen) atoms. The maximum atomic E-state index is 5.93. The minimum absolute atomic E-state index is 0.780. The van der Waals surface area contributed by atoms with Gasteiger partial charge in [-0.2, -0.15) is 5.10 Å². The average molecular weight is 321 g/mol. The van der Waals surface area contributed by atoms with E-state index in [4.69, 9.17) is 11.6 Å². The van der Waals surface area contributed by atoms with Crippen LogP contribution in [-0.2, 0) is 13.6 Å². The first-order valence-electron chi connectivity index (χ1n) is 4.75. The highest BCUT2D eigenvalue weighted by Crippen LogP contribution is 2.36. The van der Waals surface area contributed by atoms with Gasteiger partial charge in [-0.05, 0) is 35.1 Å². The van der Waals surface area contributed by atoms with Crippen molar-refractivity contribution in [2.75, 3.05) is 7.05 Å². The molecule has 0 unspecified atom stereocenters. The number of aryl methyl sites for hydroxylation is 1. The van der Waals surface area contributed by atoms with Gasteiger partial charge in [0.2, 0.25) is 0 Å². The molecule has 0 atom stereocenters. The van der Waals surface area contributed by atoms with Gasteiger partial charge in [0.25, 0.3) is 0 Å². The van der Waals surface area contributed by atoms with Crippen LogP contribution in [0, 0.1) is 0 Å². The van der Waals surface area contributed by atoms with E-state index in [-0.39, 0.29) is 0 Å². The molecule has 0 saturated carbocycles. The normalized spacial score (nSPS) is 11.0. The molecule has 0 aliphatic heterocycles. The Balaban J connectivity index is 2.46. The van der Waals surface area contributed by atoms with Gasteiger partial charge in [-0.15, -0.1) is 11.3 Å². The lowest BCUT2D eigenvalue weighted by molar-refractivity contribution is 0.672. The third-order valence-corrected chi connectivity index (χ3v) is 4.32. The molecule has 2 rings (SSSR count). The number of hydrogen-bond donors (Lipinski definition) is 1. The zero-order valence-electron chi connectivity index (χ0n) is 8.92. The third-order valence-electron chi connectivity index (χ3n) is 2.25. The van der Waals surface area contributed by atoms with Crippen LogP contribution in [0.2, 0.25) is 4.34 Å². The minimum Gasteiger partial charge on any atom is -0.314 e. The number of nitrogens with zero attached hydrogens (tertiary/aromatic N) is 2. The first-order valence-corrected chi connectivity index (χ1v) is 6.74. The lowest BCUT2D eigenvalue weighted by Gasteiger charge is -1.99. The Morgan fingerprint density at radius 3 is 2.88 bits per heavy atom. The first-order chi connectivity index (χ1) is 7.63. The quantitative estimate of drug-likeness (QED) is 0.940. The summed E-state index contributed by atoms with van der Waals surface area (Å²) in [5, 5.41) is 7.62. The Kier molecular flexibility index (Phi) is 3.69. The van der Waals surface area contributed by atoms with Crippen LogP contribution in [-0.4, -0.2) is 16.8 Å². The lowest BCUT2D eigenvalue weighted by atomic mass is 10.3. The highest BCUT2D eigenvalue weighted by atomic mass is 79.9. The number of rotatable bonds is 3. The molecule has 1 N–H and O–H groups in total. The van der Waals surface area contributed by atoms with E-state index < -0.39 is 0 Å². The summed E-state index contributed by atoms with van der Waals surface area (Å²) in [5.74, 6) is 0. The summed E-state index contributed by atoms with van der Waals surface area (Å²) in [5.41, 5.74) is 2.08. The number of halogens is 2. The fraction of sp³-hybridized carbons (Fsp3) is 0.300. The van der Waals surface area contributed by atoms with Gasteiger partial charge in [0.15, 0.2) is 0 Å². The van der Waals surface area contributed by atoms with Crippen molar-refractivity contribution in [2.24, 2.45) is 7.05 Å². The van der Waals surface area contributed by atoms with Crippen LogP contribution in [0.25, 0.3) is 10.6 Å². The highest BCUT2D eigenvalue weighted by molar-refractivity contribution is 9.10. The summed E-state index contributed by atoms with van der Waals surface area (Å²) in [7, 11) is 3.86. The Morgan fingerprint density at radius 1 is 1.56 bits per heavy atom. The Labute approximate surface area is 112 Å². The Morgan fingerprint density at radius 2 is 2.31 bits per heavy atom. The molecule has 0 radical (unpaired) electrons.